The van der Waals surface area contributed by atoms with E-state index in [1.165, 1.54) is 5.56 Å². The number of amides is 1. The van der Waals surface area contributed by atoms with Crippen molar-refractivity contribution in [3.8, 4) is 0 Å². The highest BCUT2D eigenvalue weighted by molar-refractivity contribution is 9.11. The molecule has 0 spiro atoms. The fourth-order valence-corrected chi connectivity index (χ4v) is 4.78. The first-order valence-electron chi connectivity index (χ1n) is 9.92. The molecule has 0 aliphatic heterocycles. The largest absolute Gasteiger partial charge is 0.367 e. The van der Waals surface area contributed by atoms with E-state index in [1.54, 1.807) is 12.0 Å². The van der Waals surface area contributed by atoms with E-state index in [2.05, 4.69) is 46.3 Å². The van der Waals surface area contributed by atoms with E-state index in [0.29, 0.717) is 12.1 Å². The van der Waals surface area contributed by atoms with Gasteiger partial charge in [0.15, 0.2) is 0 Å². The van der Waals surface area contributed by atoms with E-state index in [4.69, 9.17) is 4.74 Å². The highest BCUT2D eigenvalue weighted by atomic mass is 79.9. The van der Waals surface area contributed by atoms with Crippen LogP contribution < -0.4 is 0 Å². The molecule has 0 saturated carbocycles. The van der Waals surface area contributed by atoms with Crippen LogP contribution in [-0.4, -0.2) is 41.7 Å². The van der Waals surface area contributed by atoms with E-state index >= 15 is 0 Å². The topological polar surface area (TPSA) is 34.5 Å². The van der Waals surface area contributed by atoms with Crippen molar-refractivity contribution in [1.82, 2.24) is 9.47 Å². The van der Waals surface area contributed by atoms with Gasteiger partial charge >= 0.3 is 0 Å². The molecular formula is C25H25BrN2O2. The summed E-state index contributed by atoms with van der Waals surface area (Å²) in [6.45, 7) is 0.403. The Morgan fingerprint density at radius 2 is 1.87 bits per heavy atom. The third kappa shape index (κ3) is 3.64. The van der Waals surface area contributed by atoms with Crippen LogP contribution in [0.1, 0.15) is 21.8 Å². The van der Waals surface area contributed by atoms with Gasteiger partial charge in [-0.3, -0.25) is 4.79 Å². The molecule has 1 heterocycles. The molecular weight excluding hydrogens is 440 g/mol. The highest BCUT2D eigenvalue weighted by Gasteiger charge is 2.36. The molecule has 4 rings (SSSR count). The normalized spacial score (nSPS) is 20.9. The number of aromatic nitrogens is 1. The third-order valence-electron chi connectivity index (χ3n) is 5.80. The SMILES string of the molecule is COC1(CN(C)C(=O)c2cn(C)c3ccccc23)C=CC(c2ccccc2)C=C1Br. The molecule has 1 amide bonds. The van der Waals surface area contributed by atoms with Crippen molar-refractivity contribution in [3.05, 3.63) is 94.6 Å². The quantitative estimate of drug-likeness (QED) is 0.482. The molecule has 0 fully saturated rings. The maximum absolute atomic E-state index is 13.3. The molecule has 2 unspecified atom stereocenters. The van der Waals surface area contributed by atoms with Gasteiger partial charge in [-0.05, 0) is 17.7 Å². The first kappa shape index (κ1) is 20.6. The summed E-state index contributed by atoms with van der Waals surface area (Å²) in [5.41, 5.74) is 2.25. The molecule has 1 aliphatic carbocycles. The number of likely N-dealkylation sites (N-methyl/N-ethyl adjacent to an activating group) is 1. The number of allylic oxidation sites excluding steroid dienone is 2. The molecule has 154 valence electrons. The Bertz CT molecular complexity index is 1130. The molecule has 1 aliphatic rings. The van der Waals surface area contributed by atoms with Crippen LogP contribution in [0.4, 0.5) is 0 Å². The molecule has 30 heavy (non-hydrogen) atoms. The van der Waals surface area contributed by atoms with Gasteiger partial charge in [-0.2, -0.15) is 0 Å². The zero-order valence-corrected chi connectivity index (χ0v) is 19.0. The number of fused-ring (bicyclic) bond motifs is 1. The predicted octanol–water partition coefficient (Wildman–Crippen LogP) is 5.27. The average molecular weight is 465 g/mol. The number of para-hydroxylation sites is 1. The summed E-state index contributed by atoms with van der Waals surface area (Å²) in [4.78, 5) is 15.0. The Labute approximate surface area is 185 Å². The fourth-order valence-electron chi connectivity index (χ4n) is 4.08. The lowest BCUT2D eigenvalue weighted by molar-refractivity contribution is 0.0356. The monoisotopic (exact) mass is 464 g/mol. The van der Waals surface area contributed by atoms with Gasteiger partial charge in [-0.1, -0.05) is 76.6 Å². The second-order valence-corrected chi connectivity index (χ2v) is 8.59. The minimum Gasteiger partial charge on any atom is -0.367 e. The van der Waals surface area contributed by atoms with Crippen molar-refractivity contribution in [3.63, 3.8) is 0 Å². The van der Waals surface area contributed by atoms with E-state index in [-0.39, 0.29) is 11.8 Å². The van der Waals surface area contributed by atoms with Crippen molar-refractivity contribution in [1.29, 1.82) is 0 Å². The van der Waals surface area contributed by atoms with Crippen molar-refractivity contribution < 1.29 is 9.53 Å². The number of benzene rings is 2. The fraction of sp³-hybridized carbons (Fsp3) is 0.240. The lowest BCUT2D eigenvalue weighted by atomic mass is 9.87. The third-order valence-corrected chi connectivity index (χ3v) is 6.73. The maximum Gasteiger partial charge on any atom is 0.255 e. The number of carbonyl (C=O) groups excluding carboxylic acids is 1. The molecule has 5 heteroatoms. The van der Waals surface area contributed by atoms with Crippen LogP contribution in [0.25, 0.3) is 10.9 Å². The summed E-state index contributed by atoms with van der Waals surface area (Å²) in [5, 5.41) is 0.959. The molecule has 4 nitrogen and oxygen atoms in total. The molecule has 0 radical (unpaired) electrons. The highest BCUT2D eigenvalue weighted by Crippen LogP contribution is 2.38. The number of ether oxygens (including phenoxy) is 1. The summed E-state index contributed by atoms with van der Waals surface area (Å²) in [6, 6.07) is 18.3. The van der Waals surface area contributed by atoms with Crippen LogP contribution >= 0.6 is 15.9 Å². The summed E-state index contributed by atoms with van der Waals surface area (Å²) < 4.78 is 8.84. The molecule has 2 atom stereocenters. The average Bonchev–Trinajstić information content (AvgIpc) is 3.12. The van der Waals surface area contributed by atoms with Crippen LogP contribution in [0.15, 0.2) is 83.5 Å². The maximum atomic E-state index is 13.3. The number of halogens is 1. The Morgan fingerprint density at radius 1 is 1.17 bits per heavy atom. The van der Waals surface area contributed by atoms with Gasteiger partial charge in [0.2, 0.25) is 0 Å². The van der Waals surface area contributed by atoms with Gasteiger partial charge in [-0.15, -0.1) is 0 Å². The first-order chi connectivity index (χ1) is 14.4. The van der Waals surface area contributed by atoms with Crippen LogP contribution in [0, 0.1) is 0 Å². The predicted molar refractivity (Wildman–Crippen MR) is 125 cm³/mol. The Hall–Kier alpha value is -2.63. The second-order valence-electron chi connectivity index (χ2n) is 7.74. The standard InChI is InChI=1S/C25H25BrN2O2/c1-27-16-21(20-11-7-8-12-22(20)27)24(29)28(2)17-25(30-3)14-13-19(15-23(25)26)18-9-5-4-6-10-18/h4-16,19H,17H2,1-3H3. The Kier molecular flexibility index (Phi) is 5.67. The molecule has 0 N–H and O–H groups in total. The van der Waals surface area contributed by atoms with Gasteiger partial charge in [0, 0.05) is 48.7 Å². The number of methoxy groups -OCH3 is 1. The number of hydrogen-bond donors (Lipinski definition) is 0. The minimum atomic E-state index is -0.708. The van der Waals surface area contributed by atoms with Crippen LogP contribution in [0.3, 0.4) is 0 Å². The van der Waals surface area contributed by atoms with Crippen LogP contribution in [0.5, 0.6) is 0 Å². The van der Waals surface area contributed by atoms with Gasteiger partial charge in [-0.25, -0.2) is 0 Å². The number of carbonyl (C=O) groups is 1. The number of aryl methyl sites for hydroxylation is 1. The van der Waals surface area contributed by atoms with Crippen molar-refractivity contribution in [2.75, 3.05) is 20.7 Å². The van der Waals surface area contributed by atoms with Gasteiger partial charge < -0.3 is 14.2 Å². The van der Waals surface area contributed by atoms with Crippen molar-refractivity contribution in [2.24, 2.45) is 7.05 Å². The summed E-state index contributed by atoms with van der Waals surface area (Å²) in [5.74, 6) is 0.144. The van der Waals surface area contributed by atoms with Gasteiger partial charge in [0.05, 0.1) is 12.1 Å². The van der Waals surface area contributed by atoms with E-state index < -0.39 is 5.60 Å². The van der Waals surface area contributed by atoms with Crippen LogP contribution in [-0.2, 0) is 11.8 Å². The lowest BCUT2D eigenvalue weighted by Gasteiger charge is -2.36. The van der Waals surface area contributed by atoms with E-state index in [9.17, 15) is 4.79 Å². The van der Waals surface area contributed by atoms with E-state index in [0.717, 1.165) is 15.4 Å². The summed E-state index contributed by atoms with van der Waals surface area (Å²) >= 11 is 3.73. The Morgan fingerprint density at radius 3 is 2.57 bits per heavy atom. The zero-order valence-electron chi connectivity index (χ0n) is 17.4. The molecule has 3 aromatic rings. The summed E-state index contributed by atoms with van der Waals surface area (Å²) in [6.07, 6.45) is 8.24. The smallest absolute Gasteiger partial charge is 0.255 e. The van der Waals surface area contributed by atoms with Crippen LogP contribution in [0.2, 0.25) is 0 Å². The first-order valence-corrected chi connectivity index (χ1v) is 10.7. The number of rotatable bonds is 5. The lowest BCUT2D eigenvalue weighted by Crippen LogP contribution is -2.45. The van der Waals surface area contributed by atoms with Crippen molar-refractivity contribution in [2.45, 2.75) is 11.5 Å². The zero-order chi connectivity index (χ0) is 21.3. The van der Waals surface area contributed by atoms with Gasteiger partial charge in [0.25, 0.3) is 5.91 Å². The molecule has 0 bridgehead atoms. The van der Waals surface area contributed by atoms with Crippen molar-refractivity contribution >= 4 is 32.7 Å². The Balaban J connectivity index is 1.59. The van der Waals surface area contributed by atoms with E-state index in [1.807, 2.05) is 67.3 Å². The minimum absolute atomic E-state index is 0.0258. The summed E-state index contributed by atoms with van der Waals surface area (Å²) in [7, 11) is 5.46. The molecule has 0 saturated heterocycles. The number of hydrogen-bond acceptors (Lipinski definition) is 2. The second kappa shape index (κ2) is 8.25. The van der Waals surface area contributed by atoms with Gasteiger partial charge in [0.1, 0.15) is 5.60 Å². The molecule has 1 aromatic heterocycles. The number of nitrogens with zero attached hydrogens (tertiary/aromatic N) is 2. The molecule has 2 aromatic carbocycles.